The maximum absolute atomic E-state index is 11.9. The second-order valence-electron chi connectivity index (χ2n) is 4.25. The van der Waals surface area contributed by atoms with Crippen LogP contribution in [0.25, 0.3) is 6.08 Å². The molecule has 2 rings (SSSR count). The Morgan fingerprint density at radius 3 is 2.30 bits per heavy atom. The molecule has 100 valence electrons. The normalized spacial score (nSPS) is 10.6. The predicted octanol–water partition coefficient (Wildman–Crippen LogP) is 2.86. The lowest BCUT2D eigenvalue weighted by molar-refractivity contribution is 0.0696. The van der Waals surface area contributed by atoms with Crippen LogP contribution in [-0.2, 0) is 0 Å². The van der Waals surface area contributed by atoms with Crippen molar-refractivity contribution in [1.82, 2.24) is 0 Å². The van der Waals surface area contributed by atoms with Crippen LogP contribution in [0.2, 0.25) is 0 Å². The first kappa shape index (κ1) is 13.5. The number of anilines is 1. The maximum Gasteiger partial charge on any atom is 0.335 e. The number of carboxylic acid groups (broad SMARTS) is 1. The number of nitrogen functional groups attached to an aromatic ring is 1. The predicted molar refractivity (Wildman–Crippen MR) is 77.6 cm³/mol. The summed E-state index contributed by atoms with van der Waals surface area (Å²) >= 11 is 0. The van der Waals surface area contributed by atoms with Gasteiger partial charge in [-0.3, -0.25) is 4.79 Å². The summed E-state index contributed by atoms with van der Waals surface area (Å²) in [6.07, 6.45) is 3.07. The number of nitrogens with two attached hydrogens (primary N) is 1. The van der Waals surface area contributed by atoms with Crippen molar-refractivity contribution in [3.63, 3.8) is 0 Å². The van der Waals surface area contributed by atoms with Crippen molar-refractivity contribution in [2.24, 2.45) is 0 Å². The molecule has 4 heteroatoms. The third-order valence-corrected chi connectivity index (χ3v) is 2.76. The van der Waals surface area contributed by atoms with E-state index in [2.05, 4.69) is 0 Å². The number of allylic oxidation sites excluding steroid dienone is 1. The summed E-state index contributed by atoms with van der Waals surface area (Å²) in [6, 6.07) is 13.0. The lowest BCUT2D eigenvalue weighted by Gasteiger charge is -1.98. The highest BCUT2D eigenvalue weighted by atomic mass is 16.4. The van der Waals surface area contributed by atoms with Crippen LogP contribution in [-0.4, -0.2) is 16.9 Å². The average molecular weight is 267 g/mol. The van der Waals surface area contributed by atoms with Crippen molar-refractivity contribution in [2.45, 2.75) is 0 Å². The Bertz CT molecular complexity index is 672. The van der Waals surface area contributed by atoms with Crippen molar-refractivity contribution < 1.29 is 14.7 Å². The second-order valence-corrected chi connectivity index (χ2v) is 4.25. The van der Waals surface area contributed by atoms with Gasteiger partial charge in [-0.1, -0.05) is 30.3 Å². The summed E-state index contributed by atoms with van der Waals surface area (Å²) in [6.45, 7) is 0. The zero-order valence-electron chi connectivity index (χ0n) is 10.6. The van der Waals surface area contributed by atoms with Gasteiger partial charge in [-0.25, -0.2) is 4.79 Å². The quantitative estimate of drug-likeness (QED) is 0.507. The van der Waals surface area contributed by atoms with Crippen LogP contribution < -0.4 is 5.73 Å². The Morgan fingerprint density at radius 1 is 1.00 bits per heavy atom. The van der Waals surface area contributed by atoms with E-state index >= 15 is 0 Å². The van der Waals surface area contributed by atoms with Crippen molar-refractivity contribution >= 4 is 23.5 Å². The molecule has 0 unspecified atom stereocenters. The zero-order valence-corrected chi connectivity index (χ0v) is 10.6. The number of hydrogen-bond acceptors (Lipinski definition) is 3. The fourth-order valence-electron chi connectivity index (χ4n) is 1.70. The standard InChI is InChI=1S/C16H13NO3/c17-14-3-1-2-13(10-14)15(18)9-6-11-4-7-12(8-5-11)16(19)20/h1-10H,17H2,(H,19,20). The summed E-state index contributed by atoms with van der Waals surface area (Å²) < 4.78 is 0. The molecule has 0 aliphatic carbocycles. The smallest absolute Gasteiger partial charge is 0.335 e. The molecule has 2 aromatic rings. The third kappa shape index (κ3) is 3.32. The van der Waals surface area contributed by atoms with Crippen molar-refractivity contribution in [3.8, 4) is 0 Å². The highest BCUT2D eigenvalue weighted by Crippen LogP contribution is 2.10. The van der Waals surface area contributed by atoms with E-state index in [1.807, 2.05) is 0 Å². The van der Waals surface area contributed by atoms with Crippen molar-refractivity contribution in [2.75, 3.05) is 5.73 Å². The molecule has 0 radical (unpaired) electrons. The molecule has 0 saturated carbocycles. The maximum atomic E-state index is 11.9. The molecule has 2 aromatic carbocycles. The first-order valence-electron chi connectivity index (χ1n) is 5.97. The zero-order chi connectivity index (χ0) is 14.5. The van der Waals surface area contributed by atoms with E-state index in [0.29, 0.717) is 11.3 Å². The lowest BCUT2D eigenvalue weighted by atomic mass is 10.1. The number of carbonyl (C=O) groups is 2. The summed E-state index contributed by atoms with van der Waals surface area (Å²) in [7, 11) is 0. The first-order chi connectivity index (χ1) is 9.56. The van der Waals surface area contributed by atoms with Gasteiger partial charge in [0.05, 0.1) is 5.56 Å². The second kappa shape index (κ2) is 5.84. The summed E-state index contributed by atoms with van der Waals surface area (Å²) in [5.41, 5.74) is 7.64. The van der Waals surface area contributed by atoms with Crippen LogP contribution in [0.3, 0.4) is 0 Å². The Balaban J connectivity index is 2.13. The summed E-state index contributed by atoms with van der Waals surface area (Å²) in [4.78, 5) is 22.6. The minimum absolute atomic E-state index is 0.153. The van der Waals surface area contributed by atoms with E-state index in [4.69, 9.17) is 10.8 Å². The van der Waals surface area contributed by atoms with Crippen molar-refractivity contribution in [1.29, 1.82) is 0 Å². The molecule has 3 N–H and O–H groups in total. The van der Waals surface area contributed by atoms with E-state index in [1.165, 1.54) is 18.2 Å². The van der Waals surface area contributed by atoms with Gasteiger partial charge in [0, 0.05) is 11.3 Å². The number of rotatable bonds is 4. The minimum atomic E-state index is -0.976. The summed E-state index contributed by atoms with van der Waals surface area (Å²) in [5.74, 6) is -1.13. The Labute approximate surface area is 116 Å². The van der Waals surface area contributed by atoms with E-state index in [1.54, 1.807) is 42.5 Å². The molecule has 0 aliphatic heterocycles. The SMILES string of the molecule is Nc1cccc(C(=O)C=Cc2ccc(C(=O)O)cc2)c1. The highest BCUT2D eigenvalue weighted by Gasteiger charge is 2.02. The molecule has 0 heterocycles. The summed E-state index contributed by atoms with van der Waals surface area (Å²) in [5, 5.41) is 8.78. The molecule has 0 aliphatic rings. The van der Waals surface area contributed by atoms with Gasteiger partial charge in [0.1, 0.15) is 0 Å². The monoisotopic (exact) mass is 267 g/mol. The number of ketones is 1. The molecule has 0 atom stereocenters. The number of carbonyl (C=O) groups excluding carboxylic acids is 1. The van der Waals surface area contributed by atoms with Crippen molar-refractivity contribution in [3.05, 3.63) is 71.3 Å². The van der Waals surface area contributed by atoms with Gasteiger partial charge in [-0.2, -0.15) is 0 Å². The molecule has 0 amide bonds. The first-order valence-corrected chi connectivity index (χ1v) is 5.97. The number of carboxylic acids is 1. The van der Waals surface area contributed by atoms with Crippen LogP contribution in [0, 0.1) is 0 Å². The van der Waals surface area contributed by atoms with Crippen LogP contribution in [0.5, 0.6) is 0 Å². The molecular formula is C16H13NO3. The van der Waals surface area contributed by atoms with E-state index in [9.17, 15) is 9.59 Å². The van der Waals surface area contributed by atoms with Crippen LogP contribution >= 0.6 is 0 Å². The molecule has 0 spiro atoms. The van der Waals surface area contributed by atoms with E-state index in [0.717, 1.165) is 5.56 Å². The molecule has 4 nitrogen and oxygen atoms in total. The molecule has 0 saturated heterocycles. The van der Waals surface area contributed by atoms with Gasteiger partial charge in [0.2, 0.25) is 0 Å². The number of aromatic carboxylic acids is 1. The van der Waals surface area contributed by atoms with Crippen LogP contribution in [0.4, 0.5) is 5.69 Å². The van der Waals surface area contributed by atoms with E-state index in [-0.39, 0.29) is 11.3 Å². The largest absolute Gasteiger partial charge is 0.478 e. The van der Waals surface area contributed by atoms with Crippen LogP contribution in [0.15, 0.2) is 54.6 Å². The Morgan fingerprint density at radius 2 is 1.70 bits per heavy atom. The topological polar surface area (TPSA) is 80.4 Å². The molecule has 0 bridgehead atoms. The van der Waals surface area contributed by atoms with Gasteiger partial charge < -0.3 is 10.8 Å². The van der Waals surface area contributed by atoms with Gasteiger partial charge in [-0.05, 0) is 35.9 Å². The van der Waals surface area contributed by atoms with Gasteiger partial charge in [0.25, 0.3) is 0 Å². The van der Waals surface area contributed by atoms with Crippen LogP contribution in [0.1, 0.15) is 26.3 Å². The average Bonchev–Trinajstić information content (AvgIpc) is 2.45. The highest BCUT2D eigenvalue weighted by molar-refractivity contribution is 6.07. The molecule has 0 fully saturated rings. The molecular weight excluding hydrogens is 254 g/mol. The fraction of sp³-hybridized carbons (Fsp3) is 0. The number of benzene rings is 2. The molecule has 20 heavy (non-hydrogen) atoms. The van der Waals surface area contributed by atoms with Gasteiger partial charge >= 0.3 is 5.97 Å². The fourth-order valence-corrected chi connectivity index (χ4v) is 1.70. The lowest BCUT2D eigenvalue weighted by Crippen LogP contribution is -1.96. The van der Waals surface area contributed by atoms with Gasteiger partial charge in [0.15, 0.2) is 5.78 Å². The third-order valence-electron chi connectivity index (χ3n) is 2.76. The minimum Gasteiger partial charge on any atom is -0.478 e. The molecule has 0 aromatic heterocycles. The number of hydrogen-bond donors (Lipinski definition) is 2. The Hall–Kier alpha value is -2.88. The Kier molecular flexibility index (Phi) is 3.96. The van der Waals surface area contributed by atoms with Gasteiger partial charge in [-0.15, -0.1) is 0 Å². The van der Waals surface area contributed by atoms with E-state index < -0.39 is 5.97 Å².